The van der Waals surface area contributed by atoms with E-state index < -0.39 is 0 Å². The Labute approximate surface area is 108 Å². The lowest BCUT2D eigenvalue weighted by Crippen LogP contribution is -1.98. The average molecular weight is 259 g/mol. The Morgan fingerprint density at radius 1 is 1.22 bits per heavy atom. The number of thiophene rings is 1. The number of hydrogen-bond acceptors (Lipinski definition) is 6. The van der Waals surface area contributed by atoms with E-state index in [2.05, 4.69) is 34.9 Å². The largest absolute Gasteiger partial charge is 0.382 e. The second kappa shape index (κ2) is 3.78. The van der Waals surface area contributed by atoms with Crippen LogP contribution >= 0.6 is 11.3 Å². The van der Waals surface area contributed by atoms with E-state index >= 15 is 0 Å². The lowest BCUT2D eigenvalue weighted by Gasteiger charge is -2.01. The summed E-state index contributed by atoms with van der Waals surface area (Å²) in [7, 11) is 0. The van der Waals surface area contributed by atoms with Crippen LogP contribution in [0.5, 0.6) is 0 Å². The summed E-state index contributed by atoms with van der Waals surface area (Å²) < 4.78 is 0.861. The van der Waals surface area contributed by atoms with Gasteiger partial charge in [0.05, 0.1) is 10.2 Å². The Hall–Kier alpha value is -1.95. The standard InChI is InChI=1S/C12H13N5S/c1-3-7-5(2)4-6-8-9(18-11(6)15-7)10(13)17-12(14)16-8/h4H,3H2,1-2H3,(H4,13,14,16,17). The van der Waals surface area contributed by atoms with E-state index in [0.29, 0.717) is 5.82 Å². The maximum absolute atomic E-state index is 5.88. The molecule has 3 rings (SSSR count). The molecule has 3 aromatic rings. The quantitative estimate of drug-likeness (QED) is 0.699. The molecule has 0 saturated heterocycles. The summed E-state index contributed by atoms with van der Waals surface area (Å²) >= 11 is 1.52. The zero-order valence-electron chi connectivity index (χ0n) is 10.2. The highest BCUT2D eigenvalue weighted by Gasteiger charge is 2.13. The molecule has 4 N–H and O–H groups in total. The number of rotatable bonds is 1. The minimum Gasteiger partial charge on any atom is -0.382 e. The number of aromatic nitrogens is 3. The van der Waals surface area contributed by atoms with Crippen molar-refractivity contribution in [3.63, 3.8) is 0 Å². The summed E-state index contributed by atoms with van der Waals surface area (Å²) in [6, 6.07) is 2.10. The van der Waals surface area contributed by atoms with Crippen LogP contribution in [0.3, 0.4) is 0 Å². The summed E-state index contributed by atoms with van der Waals surface area (Å²) in [5.74, 6) is 0.633. The van der Waals surface area contributed by atoms with Crippen LogP contribution < -0.4 is 11.5 Å². The molecule has 0 aliphatic rings. The van der Waals surface area contributed by atoms with Gasteiger partial charge in [0.15, 0.2) is 0 Å². The van der Waals surface area contributed by atoms with Crippen LogP contribution in [-0.4, -0.2) is 15.0 Å². The first-order chi connectivity index (χ1) is 8.60. The van der Waals surface area contributed by atoms with Crippen LogP contribution in [-0.2, 0) is 6.42 Å². The van der Waals surface area contributed by atoms with E-state index in [1.807, 2.05) is 0 Å². The fourth-order valence-corrected chi connectivity index (χ4v) is 3.12. The minimum absolute atomic E-state index is 0.205. The summed E-state index contributed by atoms with van der Waals surface area (Å²) in [4.78, 5) is 13.9. The normalized spacial score (nSPS) is 11.4. The van der Waals surface area contributed by atoms with Crippen molar-refractivity contribution in [1.82, 2.24) is 15.0 Å². The SMILES string of the molecule is CCc1nc2sc3c(N)nc(N)nc3c2cc1C. The summed E-state index contributed by atoms with van der Waals surface area (Å²) in [6.45, 7) is 4.16. The Morgan fingerprint density at radius 3 is 2.72 bits per heavy atom. The Bertz CT molecular complexity index is 762. The van der Waals surface area contributed by atoms with Crippen molar-refractivity contribution < 1.29 is 0 Å². The number of anilines is 2. The van der Waals surface area contributed by atoms with Gasteiger partial charge in [0.2, 0.25) is 5.95 Å². The molecule has 0 saturated carbocycles. The van der Waals surface area contributed by atoms with Gasteiger partial charge >= 0.3 is 0 Å². The van der Waals surface area contributed by atoms with Gasteiger partial charge in [-0.15, -0.1) is 11.3 Å². The average Bonchev–Trinajstić information content (AvgIpc) is 2.66. The maximum atomic E-state index is 5.88. The molecule has 0 aliphatic heterocycles. The number of nitrogen functional groups attached to an aromatic ring is 2. The zero-order valence-corrected chi connectivity index (χ0v) is 11.0. The third-order valence-electron chi connectivity index (χ3n) is 2.98. The first-order valence-corrected chi connectivity index (χ1v) is 6.53. The first kappa shape index (κ1) is 11.2. The van der Waals surface area contributed by atoms with E-state index in [1.54, 1.807) is 0 Å². The van der Waals surface area contributed by atoms with Gasteiger partial charge < -0.3 is 11.5 Å². The second-order valence-electron chi connectivity index (χ2n) is 4.21. The number of aryl methyl sites for hydroxylation is 2. The van der Waals surface area contributed by atoms with Crippen molar-refractivity contribution in [2.45, 2.75) is 20.3 Å². The summed E-state index contributed by atoms with van der Waals surface area (Å²) in [5, 5.41) is 1.01. The molecule has 18 heavy (non-hydrogen) atoms. The highest BCUT2D eigenvalue weighted by atomic mass is 32.1. The van der Waals surface area contributed by atoms with Crippen LogP contribution in [0.4, 0.5) is 11.8 Å². The molecule has 3 heterocycles. The number of hydrogen-bond donors (Lipinski definition) is 2. The molecule has 0 atom stereocenters. The van der Waals surface area contributed by atoms with E-state index in [9.17, 15) is 0 Å². The zero-order chi connectivity index (χ0) is 12.9. The molecule has 0 fully saturated rings. The predicted octanol–water partition coefficient (Wildman–Crippen LogP) is 2.27. The molecular weight excluding hydrogens is 246 g/mol. The van der Waals surface area contributed by atoms with Gasteiger partial charge in [-0.2, -0.15) is 4.98 Å². The predicted molar refractivity (Wildman–Crippen MR) is 75.7 cm³/mol. The van der Waals surface area contributed by atoms with Crippen LogP contribution in [0.2, 0.25) is 0 Å². The topological polar surface area (TPSA) is 90.7 Å². The molecule has 0 aromatic carbocycles. The smallest absolute Gasteiger partial charge is 0.222 e. The molecular formula is C12H13N5S. The van der Waals surface area contributed by atoms with Crippen molar-refractivity contribution in [3.05, 3.63) is 17.3 Å². The van der Waals surface area contributed by atoms with E-state index in [4.69, 9.17) is 11.5 Å². The molecule has 0 radical (unpaired) electrons. The number of nitrogens with zero attached hydrogens (tertiary/aromatic N) is 3. The Kier molecular flexibility index (Phi) is 2.34. The second-order valence-corrected chi connectivity index (χ2v) is 5.20. The highest BCUT2D eigenvalue weighted by molar-refractivity contribution is 7.25. The van der Waals surface area contributed by atoms with Gasteiger partial charge in [0.25, 0.3) is 0 Å². The van der Waals surface area contributed by atoms with Gasteiger partial charge in [-0.1, -0.05) is 6.92 Å². The van der Waals surface area contributed by atoms with E-state index in [-0.39, 0.29) is 5.95 Å². The Morgan fingerprint density at radius 2 is 2.00 bits per heavy atom. The van der Waals surface area contributed by atoms with Crippen molar-refractivity contribution >= 4 is 43.5 Å². The molecule has 3 aromatic heterocycles. The van der Waals surface area contributed by atoms with Crippen LogP contribution in [0.15, 0.2) is 6.07 Å². The van der Waals surface area contributed by atoms with Crippen molar-refractivity contribution in [1.29, 1.82) is 0 Å². The third-order valence-corrected chi connectivity index (χ3v) is 4.09. The fourth-order valence-electron chi connectivity index (χ4n) is 2.10. The Balaban J connectivity index is 2.48. The molecule has 0 spiro atoms. The van der Waals surface area contributed by atoms with Crippen molar-refractivity contribution in [2.24, 2.45) is 0 Å². The number of fused-ring (bicyclic) bond motifs is 3. The lowest BCUT2D eigenvalue weighted by atomic mass is 10.1. The summed E-state index contributed by atoms with van der Waals surface area (Å²) in [6.07, 6.45) is 0.916. The van der Waals surface area contributed by atoms with Gasteiger partial charge in [-0.25, -0.2) is 9.97 Å². The summed E-state index contributed by atoms with van der Waals surface area (Å²) in [5.41, 5.74) is 14.6. The first-order valence-electron chi connectivity index (χ1n) is 5.72. The number of pyridine rings is 1. The molecule has 92 valence electrons. The van der Waals surface area contributed by atoms with Gasteiger partial charge in [0.1, 0.15) is 10.6 Å². The molecule has 6 heteroatoms. The van der Waals surface area contributed by atoms with Crippen LogP contribution in [0.25, 0.3) is 20.4 Å². The number of nitrogens with two attached hydrogens (primary N) is 2. The van der Waals surface area contributed by atoms with E-state index in [0.717, 1.165) is 32.5 Å². The van der Waals surface area contributed by atoms with Gasteiger partial charge in [0, 0.05) is 11.1 Å². The highest BCUT2D eigenvalue weighted by Crippen LogP contribution is 2.35. The molecule has 0 unspecified atom stereocenters. The van der Waals surface area contributed by atoms with E-state index in [1.165, 1.54) is 16.9 Å². The minimum atomic E-state index is 0.205. The maximum Gasteiger partial charge on any atom is 0.222 e. The molecule has 0 aliphatic carbocycles. The fraction of sp³-hybridized carbons (Fsp3) is 0.250. The lowest BCUT2D eigenvalue weighted by molar-refractivity contribution is 1.03. The molecule has 5 nitrogen and oxygen atoms in total. The van der Waals surface area contributed by atoms with Crippen molar-refractivity contribution in [2.75, 3.05) is 11.5 Å². The molecule has 0 amide bonds. The molecule has 0 bridgehead atoms. The van der Waals surface area contributed by atoms with Crippen LogP contribution in [0, 0.1) is 6.92 Å². The van der Waals surface area contributed by atoms with Crippen molar-refractivity contribution in [3.8, 4) is 0 Å². The third kappa shape index (κ3) is 1.49. The van der Waals surface area contributed by atoms with Gasteiger partial charge in [-0.3, -0.25) is 0 Å². The van der Waals surface area contributed by atoms with Crippen LogP contribution in [0.1, 0.15) is 18.2 Å². The van der Waals surface area contributed by atoms with Gasteiger partial charge in [-0.05, 0) is 25.0 Å². The monoisotopic (exact) mass is 259 g/mol.